The van der Waals surface area contributed by atoms with Crippen LogP contribution in [0.4, 0.5) is 0 Å². The summed E-state index contributed by atoms with van der Waals surface area (Å²) in [7, 11) is 0. The Labute approximate surface area is 106 Å². The van der Waals surface area contributed by atoms with Crippen LogP contribution in [0.15, 0.2) is 30.5 Å². The molecule has 0 radical (unpaired) electrons. The molecule has 0 aliphatic rings. The SMILES string of the molecule is CC(C)c1nccc2c(C(C)C(=O)O)cccc12. The van der Waals surface area contributed by atoms with Crippen LogP contribution in [0.2, 0.25) is 0 Å². The van der Waals surface area contributed by atoms with Gasteiger partial charge in [-0.3, -0.25) is 9.78 Å². The number of hydrogen-bond acceptors (Lipinski definition) is 2. The van der Waals surface area contributed by atoms with Crippen LogP contribution in [0.5, 0.6) is 0 Å². The summed E-state index contributed by atoms with van der Waals surface area (Å²) in [6.45, 7) is 5.90. The molecule has 94 valence electrons. The highest BCUT2D eigenvalue weighted by atomic mass is 16.4. The van der Waals surface area contributed by atoms with Gasteiger partial charge in [-0.15, -0.1) is 0 Å². The maximum atomic E-state index is 11.1. The van der Waals surface area contributed by atoms with Crippen molar-refractivity contribution in [3.63, 3.8) is 0 Å². The number of carbonyl (C=O) groups is 1. The molecule has 1 unspecified atom stereocenters. The van der Waals surface area contributed by atoms with E-state index in [0.717, 1.165) is 22.0 Å². The molecule has 0 aliphatic heterocycles. The third kappa shape index (κ3) is 2.08. The number of hydrogen-bond donors (Lipinski definition) is 1. The molecular formula is C15H17NO2. The molecule has 0 aliphatic carbocycles. The van der Waals surface area contributed by atoms with Crippen molar-refractivity contribution < 1.29 is 9.90 Å². The van der Waals surface area contributed by atoms with Crippen LogP contribution in [-0.2, 0) is 4.79 Å². The lowest BCUT2D eigenvalue weighted by Gasteiger charge is -2.14. The second-order valence-corrected chi connectivity index (χ2v) is 4.85. The van der Waals surface area contributed by atoms with E-state index in [0.29, 0.717) is 5.92 Å². The van der Waals surface area contributed by atoms with Crippen LogP contribution in [0.3, 0.4) is 0 Å². The highest BCUT2D eigenvalue weighted by molar-refractivity contribution is 5.91. The van der Waals surface area contributed by atoms with Gasteiger partial charge in [0, 0.05) is 11.6 Å². The summed E-state index contributed by atoms with van der Waals surface area (Å²) in [5.74, 6) is -0.981. The highest BCUT2D eigenvalue weighted by Crippen LogP contribution is 2.29. The molecule has 18 heavy (non-hydrogen) atoms. The first-order chi connectivity index (χ1) is 8.52. The molecular weight excluding hydrogens is 226 g/mol. The first-order valence-electron chi connectivity index (χ1n) is 6.12. The average molecular weight is 243 g/mol. The van der Waals surface area contributed by atoms with Crippen molar-refractivity contribution in [3.05, 3.63) is 41.7 Å². The Morgan fingerprint density at radius 2 is 1.89 bits per heavy atom. The van der Waals surface area contributed by atoms with Crippen LogP contribution in [0.25, 0.3) is 10.8 Å². The summed E-state index contributed by atoms with van der Waals surface area (Å²) in [5, 5.41) is 11.2. The summed E-state index contributed by atoms with van der Waals surface area (Å²) in [4.78, 5) is 15.6. The van der Waals surface area contributed by atoms with Crippen molar-refractivity contribution in [1.29, 1.82) is 0 Å². The van der Waals surface area contributed by atoms with Gasteiger partial charge in [-0.05, 0) is 29.9 Å². The largest absolute Gasteiger partial charge is 0.481 e. The van der Waals surface area contributed by atoms with Crippen molar-refractivity contribution >= 4 is 16.7 Å². The zero-order chi connectivity index (χ0) is 13.3. The van der Waals surface area contributed by atoms with Crippen LogP contribution < -0.4 is 0 Å². The summed E-state index contributed by atoms with van der Waals surface area (Å²) in [6.07, 6.45) is 1.76. The van der Waals surface area contributed by atoms with Crippen LogP contribution in [0, 0.1) is 0 Å². The normalized spacial score (nSPS) is 12.9. The Hall–Kier alpha value is -1.90. The lowest BCUT2D eigenvalue weighted by Crippen LogP contribution is -2.08. The van der Waals surface area contributed by atoms with E-state index in [1.54, 1.807) is 13.1 Å². The molecule has 0 bridgehead atoms. The molecule has 1 aromatic heterocycles. The van der Waals surface area contributed by atoms with Gasteiger partial charge >= 0.3 is 5.97 Å². The third-order valence-corrected chi connectivity index (χ3v) is 3.25. The maximum absolute atomic E-state index is 11.1. The molecule has 0 saturated carbocycles. The summed E-state index contributed by atoms with van der Waals surface area (Å²) in [5.41, 5.74) is 1.87. The molecule has 3 nitrogen and oxygen atoms in total. The van der Waals surface area contributed by atoms with Crippen molar-refractivity contribution in [3.8, 4) is 0 Å². The minimum atomic E-state index is -0.801. The number of fused-ring (bicyclic) bond motifs is 1. The lowest BCUT2D eigenvalue weighted by atomic mass is 9.93. The third-order valence-electron chi connectivity index (χ3n) is 3.25. The van der Waals surface area contributed by atoms with Gasteiger partial charge in [-0.1, -0.05) is 32.0 Å². The van der Waals surface area contributed by atoms with Gasteiger partial charge in [-0.25, -0.2) is 0 Å². The fourth-order valence-corrected chi connectivity index (χ4v) is 2.22. The van der Waals surface area contributed by atoms with E-state index in [4.69, 9.17) is 5.11 Å². The maximum Gasteiger partial charge on any atom is 0.310 e. The van der Waals surface area contributed by atoms with E-state index >= 15 is 0 Å². The quantitative estimate of drug-likeness (QED) is 0.896. The molecule has 0 saturated heterocycles. The molecule has 3 heteroatoms. The van der Waals surface area contributed by atoms with Crippen LogP contribution in [0.1, 0.15) is 43.9 Å². The Bertz CT molecular complexity index is 590. The van der Waals surface area contributed by atoms with Gasteiger partial charge in [0.15, 0.2) is 0 Å². The number of nitrogens with zero attached hydrogens (tertiary/aromatic N) is 1. The molecule has 1 heterocycles. The van der Waals surface area contributed by atoms with Crippen LogP contribution in [-0.4, -0.2) is 16.1 Å². The molecule has 2 rings (SSSR count). The van der Waals surface area contributed by atoms with Crippen molar-refractivity contribution in [1.82, 2.24) is 4.98 Å². The summed E-state index contributed by atoms with van der Waals surface area (Å²) in [6, 6.07) is 7.70. The number of benzene rings is 1. The van der Waals surface area contributed by atoms with E-state index in [1.165, 1.54) is 0 Å². The minimum absolute atomic E-state index is 0.323. The number of pyridine rings is 1. The van der Waals surface area contributed by atoms with Crippen molar-refractivity contribution in [2.45, 2.75) is 32.6 Å². The number of carboxylic acid groups (broad SMARTS) is 1. The monoisotopic (exact) mass is 243 g/mol. The van der Waals surface area contributed by atoms with Gasteiger partial charge in [0.25, 0.3) is 0 Å². The van der Waals surface area contributed by atoms with E-state index in [9.17, 15) is 4.79 Å². The van der Waals surface area contributed by atoms with Gasteiger partial charge in [0.1, 0.15) is 0 Å². The lowest BCUT2D eigenvalue weighted by molar-refractivity contribution is -0.138. The van der Waals surface area contributed by atoms with Crippen molar-refractivity contribution in [2.75, 3.05) is 0 Å². The number of aromatic nitrogens is 1. The van der Waals surface area contributed by atoms with Gasteiger partial charge < -0.3 is 5.11 Å². The zero-order valence-corrected chi connectivity index (χ0v) is 10.8. The van der Waals surface area contributed by atoms with Crippen molar-refractivity contribution in [2.24, 2.45) is 0 Å². The fourth-order valence-electron chi connectivity index (χ4n) is 2.22. The van der Waals surface area contributed by atoms with Gasteiger partial charge in [0.2, 0.25) is 0 Å². The van der Waals surface area contributed by atoms with E-state index < -0.39 is 11.9 Å². The molecule has 1 atom stereocenters. The Morgan fingerprint density at radius 1 is 1.17 bits per heavy atom. The molecule has 0 fully saturated rings. The molecule has 0 spiro atoms. The first-order valence-corrected chi connectivity index (χ1v) is 6.12. The number of aliphatic carboxylic acids is 1. The molecule has 1 N–H and O–H groups in total. The molecule has 1 aromatic carbocycles. The smallest absolute Gasteiger partial charge is 0.310 e. The van der Waals surface area contributed by atoms with Gasteiger partial charge in [0.05, 0.1) is 11.6 Å². The Morgan fingerprint density at radius 3 is 2.50 bits per heavy atom. The summed E-state index contributed by atoms with van der Waals surface area (Å²) < 4.78 is 0. The summed E-state index contributed by atoms with van der Waals surface area (Å²) >= 11 is 0. The Kier molecular flexibility index (Phi) is 3.32. The highest BCUT2D eigenvalue weighted by Gasteiger charge is 2.17. The standard InChI is InChI=1S/C15H17NO2/c1-9(2)14-13-6-4-5-11(10(3)15(17)18)12(13)7-8-16-14/h4-10H,1-3H3,(H,17,18). The Balaban J connectivity index is 2.71. The average Bonchev–Trinajstić information content (AvgIpc) is 2.36. The zero-order valence-electron chi connectivity index (χ0n) is 10.8. The van der Waals surface area contributed by atoms with Gasteiger partial charge in [-0.2, -0.15) is 0 Å². The second-order valence-electron chi connectivity index (χ2n) is 4.85. The predicted molar refractivity (Wildman–Crippen MR) is 71.9 cm³/mol. The fraction of sp³-hybridized carbons (Fsp3) is 0.333. The van der Waals surface area contributed by atoms with E-state index in [2.05, 4.69) is 18.8 Å². The van der Waals surface area contributed by atoms with Crippen LogP contribution >= 0.6 is 0 Å². The van der Waals surface area contributed by atoms with E-state index in [-0.39, 0.29) is 0 Å². The predicted octanol–water partition coefficient (Wildman–Crippen LogP) is 3.55. The topological polar surface area (TPSA) is 50.2 Å². The first kappa shape index (κ1) is 12.6. The number of rotatable bonds is 3. The molecule has 2 aromatic rings. The number of carboxylic acids is 1. The van der Waals surface area contributed by atoms with E-state index in [1.807, 2.05) is 24.3 Å². The minimum Gasteiger partial charge on any atom is -0.481 e. The molecule has 0 amide bonds. The second kappa shape index (κ2) is 4.77.